The zero-order chi connectivity index (χ0) is 40.8. The maximum absolute atomic E-state index is 12.9. The van der Waals surface area contributed by atoms with Crippen LogP contribution in [0.4, 0.5) is 0 Å². The van der Waals surface area contributed by atoms with E-state index in [2.05, 4.69) is 0 Å². The molecular weight excluding hydrogens is 767 g/mol. The van der Waals surface area contributed by atoms with Crippen molar-refractivity contribution in [3.05, 3.63) is 0 Å². The highest BCUT2D eigenvalue weighted by molar-refractivity contribution is 7.47. The van der Waals surface area contributed by atoms with Gasteiger partial charge in [-0.1, -0.05) is 135 Å². The van der Waals surface area contributed by atoms with Crippen LogP contribution >= 0.6 is 20.2 Å². The molecular formula is C40H78ClN2O12P. The number of halogens is 1. The first kappa shape index (κ1) is 56.3. The molecule has 14 nitrogen and oxygen atoms in total. The fourth-order valence-corrected chi connectivity index (χ4v) is 7.19. The molecule has 0 aliphatic carbocycles. The van der Waals surface area contributed by atoms with E-state index < -0.39 is 44.4 Å². The molecule has 0 fully saturated rings. The van der Waals surface area contributed by atoms with Crippen LogP contribution in [0.3, 0.4) is 0 Å². The quantitative estimate of drug-likeness (QED) is 0.0219. The van der Waals surface area contributed by atoms with Gasteiger partial charge in [0.1, 0.15) is 6.61 Å². The summed E-state index contributed by atoms with van der Waals surface area (Å²) in [6.07, 6.45) is 26.3. The SMILES string of the molecule is Cl.NCCC(=O)OCC(COP(=O)(O)OC[C@H](CCCCCCCCCCCCCCC(=O)O)CCCCCCCCCCCCCC(=O)O)OC(=O)CCN. The van der Waals surface area contributed by atoms with Gasteiger partial charge in [-0.15, -0.1) is 12.4 Å². The van der Waals surface area contributed by atoms with Crippen molar-refractivity contribution in [2.45, 2.75) is 192 Å². The third kappa shape index (κ3) is 40.4. The number of unbranched alkanes of at least 4 members (excludes halogenated alkanes) is 21. The number of aliphatic carboxylic acids is 2. The van der Waals surface area contributed by atoms with Gasteiger partial charge in [0.05, 0.1) is 26.1 Å². The van der Waals surface area contributed by atoms with Crippen molar-refractivity contribution in [3.8, 4) is 0 Å². The Morgan fingerprint density at radius 2 is 0.821 bits per heavy atom. The second-order valence-electron chi connectivity index (χ2n) is 14.8. The largest absolute Gasteiger partial charge is 0.481 e. The van der Waals surface area contributed by atoms with E-state index in [0.717, 1.165) is 96.3 Å². The molecule has 0 rings (SSSR count). The highest BCUT2D eigenvalue weighted by Crippen LogP contribution is 2.44. The van der Waals surface area contributed by atoms with Crippen LogP contribution in [0.5, 0.6) is 0 Å². The van der Waals surface area contributed by atoms with Crippen LogP contribution in [0.15, 0.2) is 0 Å². The first-order valence-electron chi connectivity index (χ1n) is 21.3. The number of carboxylic acid groups (broad SMARTS) is 2. The van der Waals surface area contributed by atoms with Gasteiger partial charge < -0.3 is 36.0 Å². The Bertz CT molecular complexity index is 1030. The van der Waals surface area contributed by atoms with E-state index in [4.69, 9.17) is 40.2 Å². The molecule has 2 unspecified atom stereocenters. The number of carbonyl (C=O) groups is 4. The van der Waals surface area contributed by atoms with Gasteiger partial charge in [-0.25, -0.2) is 4.57 Å². The van der Waals surface area contributed by atoms with Crippen LogP contribution in [0.2, 0.25) is 0 Å². The summed E-state index contributed by atoms with van der Waals surface area (Å²) >= 11 is 0. The highest BCUT2D eigenvalue weighted by atomic mass is 35.5. The van der Waals surface area contributed by atoms with Crippen molar-refractivity contribution >= 4 is 44.1 Å². The van der Waals surface area contributed by atoms with E-state index >= 15 is 0 Å². The third-order valence-electron chi connectivity index (χ3n) is 9.58. The lowest BCUT2D eigenvalue weighted by atomic mass is 9.94. The molecule has 332 valence electrons. The van der Waals surface area contributed by atoms with Gasteiger partial charge in [-0.3, -0.25) is 28.2 Å². The molecule has 7 N–H and O–H groups in total. The summed E-state index contributed by atoms with van der Waals surface area (Å²) in [5.41, 5.74) is 10.8. The van der Waals surface area contributed by atoms with Gasteiger partial charge in [0.25, 0.3) is 0 Å². The number of rotatable bonds is 42. The molecule has 16 heteroatoms. The molecule has 0 spiro atoms. The molecule has 0 heterocycles. The van der Waals surface area contributed by atoms with E-state index in [1.807, 2.05) is 0 Å². The fourth-order valence-electron chi connectivity index (χ4n) is 6.36. The van der Waals surface area contributed by atoms with Crippen LogP contribution in [0.1, 0.15) is 186 Å². The predicted octanol–water partition coefficient (Wildman–Crippen LogP) is 9.01. The van der Waals surface area contributed by atoms with Gasteiger partial charge in [-0.05, 0) is 31.6 Å². The van der Waals surface area contributed by atoms with Gasteiger partial charge in [0, 0.05) is 25.9 Å². The minimum atomic E-state index is -4.50. The van der Waals surface area contributed by atoms with Gasteiger partial charge in [0.2, 0.25) is 0 Å². The van der Waals surface area contributed by atoms with Crippen molar-refractivity contribution < 1.29 is 57.4 Å². The molecule has 0 aromatic heterocycles. The molecule has 0 aromatic carbocycles. The summed E-state index contributed by atoms with van der Waals surface area (Å²) in [7, 11) is -4.50. The Morgan fingerprint density at radius 3 is 1.20 bits per heavy atom. The number of ether oxygens (including phenoxy) is 2. The molecule has 0 aliphatic heterocycles. The fraction of sp³-hybridized carbons (Fsp3) is 0.900. The second-order valence-corrected chi connectivity index (χ2v) is 16.2. The summed E-state index contributed by atoms with van der Waals surface area (Å²) in [5, 5.41) is 17.4. The summed E-state index contributed by atoms with van der Waals surface area (Å²) in [4.78, 5) is 55.5. The van der Waals surface area contributed by atoms with E-state index in [1.54, 1.807) is 0 Å². The number of phosphoric acid groups is 1. The first-order valence-corrected chi connectivity index (χ1v) is 22.8. The number of nitrogens with two attached hydrogens (primary N) is 2. The van der Waals surface area contributed by atoms with Gasteiger partial charge in [-0.2, -0.15) is 0 Å². The topological polar surface area (TPSA) is 235 Å². The number of phosphoric ester groups is 1. The smallest absolute Gasteiger partial charge is 0.472 e. The average molecular weight is 845 g/mol. The molecule has 0 bridgehead atoms. The number of hydrogen-bond donors (Lipinski definition) is 5. The number of carboxylic acids is 2. The Kier molecular flexibility index (Phi) is 40.2. The maximum atomic E-state index is 12.9. The molecule has 0 aromatic rings. The van der Waals surface area contributed by atoms with Crippen molar-refractivity contribution in [3.63, 3.8) is 0 Å². The van der Waals surface area contributed by atoms with Crippen LogP contribution in [-0.4, -0.2) is 78.0 Å². The Hall–Kier alpha value is -1.80. The lowest BCUT2D eigenvalue weighted by Crippen LogP contribution is -2.30. The predicted molar refractivity (Wildman–Crippen MR) is 221 cm³/mol. The van der Waals surface area contributed by atoms with E-state index in [-0.39, 0.29) is 70.3 Å². The molecule has 0 saturated heterocycles. The summed E-state index contributed by atoms with van der Waals surface area (Å²) in [6.45, 7) is -0.639. The summed E-state index contributed by atoms with van der Waals surface area (Å²) in [5.74, 6) is -2.58. The lowest BCUT2D eigenvalue weighted by Gasteiger charge is -2.22. The summed E-state index contributed by atoms with van der Waals surface area (Å²) in [6, 6.07) is 0. The molecule has 0 aliphatic rings. The third-order valence-corrected chi connectivity index (χ3v) is 10.5. The van der Waals surface area contributed by atoms with Crippen molar-refractivity contribution in [2.75, 3.05) is 32.9 Å². The Balaban J connectivity index is 0. The number of esters is 2. The zero-order valence-electron chi connectivity index (χ0n) is 34.2. The Labute approximate surface area is 343 Å². The molecule has 3 atom stereocenters. The van der Waals surface area contributed by atoms with Crippen LogP contribution in [-0.2, 0) is 42.3 Å². The van der Waals surface area contributed by atoms with Crippen LogP contribution in [0, 0.1) is 5.92 Å². The maximum Gasteiger partial charge on any atom is 0.472 e. The van der Waals surface area contributed by atoms with Gasteiger partial charge in [0.15, 0.2) is 6.10 Å². The van der Waals surface area contributed by atoms with E-state index in [9.17, 15) is 28.6 Å². The second kappa shape index (κ2) is 40.0. The first-order chi connectivity index (χ1) is 26.5. The van der Waals surface area contributed by atoms with E-state index in [1.165, 1.54) is 64.2 Å². The van der Waals surface area contributed by atoms with Crippen LogP contribution < -0.4 is 11.5 Å². The number of hydrogen-bond acceptors (Lipinski definition) is 11. The lowest BCUT2D eigenvalue weighted by molar-refractivity contribution is -0.161. The summed E-state index contributed by atoms with van der Waals surface area (Å²) < 4.78 is 33.8. The molecule has 0 radical (unpaired) electrons. The minimum Gasteiger partial charge on any atom is -0.481 e. The minimum absolute atomic E-state index is 0. The van der Waals surface area contributed by atoms with Crippen molar-refractivity contribution in [1.82, 2.24) is 0 Å². The number of carbonyl (C=O) groups excluding carboxylic acids is 2. The van der Waals surface area contributed by atoms with E-state index in [0.29, 0.717) is 0 Å². The van der Waals surface area contributed by atoms with Gasteiger partial charge >= 0.3 is 31.7 Å². The normalized spacial score (nSPS) is 13.3. The van der Waals surface area contributed by atoms with Crippen molar-refractivity contribution in [2.24, 2.45) is 17.4 Å². The highest BCUT2D eigenvalue weighted by Gasteiger charge is 2.27. The zero-order valence-corrected chi connectivity index (χ0v) is 35.9. The molecule has 0 saturated carbocycles. The standard InChI is InChI=1S/C40H77N2O12P.ClH/c41-30-28-39(47)51-33-36(54-40(48)29-31-42)34-53-55(49,50)52-32-35(25-21-17-13-9-5-3-7-11-15-19-23-27-38(45)46)24-20-16-12-8-4-1-2-6-10-14-18-22-26-37(43)44;/h35-36H,1-34,41-42H2,(H,43,44)(H,45,46)(H,49,50);1H/t35-,36?;/m1./s1. The average Bonchev–Trinajstić information content (AvgIpc) is 3.13. The molecule has 56 heavy (non-hydrogen) atoms. The monoisotopic (exact) mass is 844 g/mol. The molecule has 0 amide bonds. The van der Waals surface area contributed by atoms with Crippen molar-refractivity contribution in [1.29, 1.82) is 0 Å². The Morgan fingerprint density at radius 1 is 0.482 bits per heavy atom. The van der Waals surface area contributed by atoms with Crippen LogP contribution in [0.25, 0.3) is 0 Å².